The van der Waals surface area contributed by atoms with Gasteiger partial charge in [-0.1, -0.05) is 12.1 Å². The molecule has 1 aromatic rings. The summed E-state index contributed by atoms with van der Waals surface area (Å²) in [7, 11) is 3.95. The van der Waals surface area contributed by atoms with Gasteiger partial charge in [0.15, 0.2) is 0 Å². The van der Waals surface area contributed by atoms with Crippen LogP contribution in [-0.2, 0) is 11.3 Å². The molecule has 0 atom stereocenters. The molecule has 1 amide bonds. The van der Waals surface area contributed by atoms with Gasteiger partial charge in [-0.3, -0.25) is 4.79 Å². The summed E-state index contributed by atoms with van der Waals surface area (Å²) in [4.78, 5) is 24.3. The minimum Gasteiger partial charge on any atom is -0.478 e. The van der Waals surface area contributed by atoms with E-state index in [1.165, 1.54) is 12.1 Å². The van der Waals surface area contributed by atoms with Crippen molar-refractivity contribution in [3.63, 3.8) is 0 Å². The molecule has 5 nitrogen and oxygen atoms in total. The van der Waals surface area contributed by atoms with E-state index in [-0.39, 0.29) is 11.5 Å². The highest BCUT2D eigenvalue weighted by Gasteiger charge is 2.04. The number of amides is 1. The predicted octanol–water partition coefficient (Wildman–Crippen LogP) is 1.34. The van der Waals surface area contributed by atoms with E-state index in [9.17, 15) is 9.59 Å². The van der Waals surface area contributed by atoms with Gasteiger partial charge in [-0.25, -0.2) is 4.79 Å². The van der Waals surface area contributed by atoms with E-state index in [1.807, 2.05) is 19.0 Å². The number of carbonyl (C=O) groups excluding carboxylic acids is 1. The molecule has 1 rings (SSSR count). The summed E-state index contributed by atoms with van der Waals surface area (Å²) < 4.78 is 0. The molecule has 0 aliphatic rings. The van der Waals surface area contributed by atoms with Crippen molar-refractivity contribution < 1.29 is 14.7 Å². The monoisotopic (exact) mass is 264 g/mol. The average Bonchev–Trinajstić information content (AvgIpc) is 2.36. The van der Waals surface area contributed by atoms with E-state index < -0.39 is 5.97 Å². The second-order valence-corrected chi connectivity index (χ2v) is 4.69. The molecule has 0 aliphatic heterocycles. The molecule has 0 radical (unpaired) electrons. The first-order valence-electron chi connectivity index (χ1n) is 6.22. The predicted molar refractivity (Wildman–Crippen MR) is 73.0 cm³/mol. The van der Waals surface area contributed by atoms with Crippen LogP contribution in [0, 0.1) is 0 Å². The molecule has 104 valence electrons. The third-order valence-electron chi connectivity index (χ3n) is 2.70. The molecule has 0 saturated heterocycles. The topological polar surface area (TPSA) is 69.6 Å². The van der Waals surface area contributed by atoms with Crippen LogP contribution in [-0.4, -0.2) is 42.5 Å². The van der Waals surface area contributed by atoms with Crippen LogP contribution in [0.5, 0.6) is 0 Å². The van der Waals surface area contributed by atoms with Crippen LogP contribution in [0.3, 0.4) is 0 Å². The van der Waals surface area contributed by atoms with Gasteiger partial charge in [-0.2, -0.15) is 0 Å². The minimum absolute atomic E-state index is 0.0177. The molecule has 0 bridgehead atoms. The summed E-state index contributed by atoms with van der Waals surface area (Å²) >= 11 is 0. The maximum atomic E-state index is 11.5. The number of benzene rings is 1. The number of carboxylic acid groups (broad SMARTS) is 1. The molecule has 0 heterocycles. The normalized spacial score (nSPS) is 10.5. The molecule has 0 unspecified atom stereocenters. The largest absolute Gasteiger partial charge is 0.478 e. The maximum Gasteiger partial charge on any atom is 0.335 e. The number of rotatable bonds is 7. The number of nitrogens with zero attached hydrogens (tertiary/aromatic N) is 1. The molecule has 0 aromatic heterocycles. The molecule has 2 N–H and O–H groups in total. The molecular weight excluding hydrogens is 244 g/mol. The van der Waals surface area contributed by atoms with Crippen molar-refractivity contribution in [3.05, 3.63) is 35.4 Å². The number of hydrogen-bond acceptors (Lipinski definition) is 3. The van der Waals surface area contributed by atoms with Crippen LogP contribution < -0.4 is 5.32 Å². The Labute approximate surface area is 113 Å². The SMILES string of the molecule is CN(C)CCCC(=O)NCc1ccc(C(=O)O)cc1. The first kappa shape index (κ1) is 15.2. The lowest BCUT2D eigenvalue weighted by atomic mass is 10.1. The van der Waals surface area contributed by atoms with Gasteiger partial charge < -0.3 is 15.3 Å². The molecule has 5 heteroatoms. The van der Waals surface area contributed by atoms with Gasteiger partial charge in [0.1, 0.15) is 0 Å². The Morgan fingerprint density at radius 2 is 1.84 bits per heavy atom. The van der Waals surface area contributed by atoms with Crippen molar-refractivity contribution in [2.24, 2.45) is 0 Å². The van der Waals surface area contributed by atoms with Gasteiger partial charge in [0.25, 0.3) is 0 Å². The summed E-state index contributed by atoms with van der Waals surface area (Å²) in [5.41, 5.74) is 1.15. The molecule has 0 aliphatic carbocycles. The Morgan fingerprint density at radius 1 is 1.21 bits per heavy atom. The Hall–Kier alpha value is -1.88. The summed E-state index contributed by atoms with van der Waals surface area (Å²) in [6, 6.07) is 6.50. The van der Waals surface area contributed by atoms with Crippen molar-refractivity contribution in [1.82, 2.24) is 10.2 Å². The van der Waals surface area contributed by atoms with Crippen LogP contribution in [0.4, 0.5) is 0 Å². The van der Waals surface area contributed by atoms with Crippen molar-refractivity contribution >= 4 is 11.9 Å². The number of carbonyl (C=O) groups is 2. The van der Waals surface area contributed by atoms with Crippen LogP contribution in [0.15, 0.2) is 24.3 Å². The van der Waals surface area contributed by atoms with Crippen molar-refractivity contribution in [1.29, 1.82) is 0 Å². The highest BCUT2D eigenvalue weighted by molar-refractivity contribution is 5.87. The Balaban J connectivity index is 2.32. The van der Waals surface area contributed by atoms with E-state index >= 15 is 0 Å². The standard InChI is InChI=1S/C14H20N2O3/c1-16(2)9-3-4-13(17)15-10-11-5-7-12(8-6-11)14(18)19/h5-8H,3-4,9-10H2,1-2H3,(H,15,17)(H,18,19). The Kier molecular flexibility index (Phi) is 6.02. The lowest BCUT2D eigenvalue weighted by molar-refractivity contribution is -0.121. The molecule has 0 fully saturated rings. The van der Waals surface area contributed by atoms with E-state index in [2.05, 4.69) is 5.32 Å². The first-order chi connectivity index (χ1) is 8.99. The highest BCUT2D eigenvalue weighted by Crippen LogP contribution is 2.04. The van der Waals surface area contributed by atoms with Crippen LogP contribution in [0.2, 0.25) is 0 Å². The number of carboxylic acids is 1. The Morgan fingerprint density at radius 3 is 2.37 bits per heavy atom. The Bertz CT molecular complexity index is 427. The van der Waals surface area contributed by atoms with Crippen molar-refractivity contribution in [2.45, 2.75) is 19.4 Å². The van der Waals surface area contributed by atoms with Gasteiger partial charge >= 0.3 is 5.97 Å². The first-order valence-corrected chi connectivity index (χ1v) is 6.22. The van der Waals surface area contributed by atoms with Gasteiger partial charge in [0.05, 0.1) is 5.56 Å². The van der Waals surface area contributed by atoms with E-state index in [1.54, 1.807) is 12.1 Å². The third-order valence-corrected chi connectivity index (χ3v) is 2.70. The zero-order valence-electron chi connectivity index (χ0n) is 11.3. The zero-order chi connectivity index (χ0) is 14.3. The average molecular weight is 264 g/mol. The molecule has 0 spiro atoms. The van der Waals surface area contributed by atoms with Gasteiger partial charge in [0.2, 0.25) is 5.91 Å². The summed E-state index contributed by atoms with van der Waals surface area (Å²) in [6.07, 6.45) is 1.34. The smallest absolute Gasteiger partial charge is 0.335 e. The summed E-state index contributed by atoms with van der Waals surface area (Å²) in [6.45, 7) is 1.32. The summed E-state index contributed by atoms with van der Waals surface area (Å²) in [5.74, 6) is -0.927. The second kappa shape index (κ2) is 7.53. The quantitative estimate of drug-likeness (QED) is 0.780. The second-order valence-electron chi connectivity index (χ2n) is 4.69. The maximum absolute atomic E-state index is 11.5. The summed E-state index contributed by atoms with van der Waals surface area (Å²) in [5, 5.41) is 11.6. The van der Waals surface area contributed by atoms with Gasteiger partial charge in [-0.15, -0.1) is 0 Å². The van der Waals surface area contributed by atoms with Crippen LogP contribution >= 0.6 is 0 Å². The molecule has 19 heavy (non-hydrogen) atoms. The highest BCUT2D eigenvalue weighted by atomic mass is 16.4. The van der Waals surface area contributed by atoms with E-state index in [0.29, 0.717) is 13.0 Å². The van der Waals surface area contributed by atoms with Crippen molar-refractivity contribution in [3.8, 4) is 0 Å². The number of hydrogen-bond donors (Lipinski definition) is 2. The fraction of sp³-hybridized carbons (Fsp3) is 0.429. The van der Waals surface area contributed by atoms with Crippen LogP contribution in [0.25, 0.3) is 0 Å². The lowest BCUT2D eigenvalue weighted by Crippen LogP contribution is -2.24. The minimum atomic E-state index is -0.945. The fourth-order valence-electron chi connectivity index (χ4n) is 1.61. The van der Waals surface area contributed by atoms with Crippen molar-refractivity contribution in [2.75, 3.05) is 20.6 Å². The number of aromatic carboxylic acids is 1. The van der Waals surface area contributed by atoms with E-state index in [4.69, 9.17) is 5.11 Å². The third kappa shape index (κ3) is 6.01. The zero-order valence-corrected chi connectivity index (χ0v) is 11.3. The number of nitrogens with one attached hydrogen (secondary N) is 1. The van der Waals surface area contributed by atoms with Gasteiger partial charge in [-0.05, 0) is 44.8 Å². The molecular formula is C14H20N2O3. The van der Waals surface area contributed by atoms with Crippen LogP contribution in [0.1, 0.15) is 28.8 Å². The molecule has 1 aromatic carbocycles. The van der Waals surface area contributed by atoms with E-state index in [0.717, 1.165) is 18.5 Å². The lowest BCUT2D eigenvalue weighted by Gasteiger charge is -2.09. The molecule has 0 saturated carbocycles. The fourth-order valence-corrected chi connectivity index (χ4v) is 1.61. The van der Waals surface area contributed by atoms with Gasteiger partial charge in [0, 0.05) is 13.0 Å².